The Morgan fingerprint density at radius 3 is 2.81 bits per heavy atom. The Bertz CT molecular complexity index is 589. The quantitative estimate of drug-likeness (QED) is 0.936. The number of halogens is 1. The molecule has 1 N–H and O–H groups in total. The zero-order valence-electron chi connectivity index (χ0n) is 8.10. The molecule has 0 fully saturated rings. The zero-order valence-corrected chi connectivity index (χ0v) is 10.5. The summed E-state index contributed by atoms with van der Waals surface area (Å²) in [5.74, 6) is -0.0624. The summed E-state index contributed by atoms with van der Waals surface area (Å²) in [4.78, 5) is 0. The fraction of sp³-hybridized carbons (Fsp3) is 0.125. The number of thiophene rings is 1. The Balaban J connectivity index is 2.32. The first-order valence-corrected chi connectivity index (χ1v) is 6.93. The van der Waals surface area contributed by atoms with Gasteiger partial charge in [-0.05, 0) is 18.4 Å². The number of nitrogens with one attached hydrogen (secondary N) is 1. The summed E-state index contributed by atoms with van der Waals surface area (Å²) in [5, 5.41) is 5.39. The number of anilines is 1. The van der Waals surface area contributed by atoms with E-state index in [1.54, 1.807) is 18.4 Å². The van der Waals surface area contributed by atoms with Gasteiger partial charge in [-0.15, -0.1) is 11.3 Å². The van der Waals surface area contributed by atoms with Crippen LogP contribution in [0.2, 0.25) is 5.02 Å². The van der Waals surface area contributed by atoms with Gasteiger partial charge in [-0.25, -0.2) is 13.1 Å². The van der Waals surface area contributed by atoms with E-state index in [4.69, 9.17) is 16.1 Å². The molecule has 5 nitrogen and oxygen atoms in total. The molecule has 0 atom stereocenters. The van der Waals surface area contributed by atoms with Crippen LogP contribution in [0.1, 0.15) is 5.69 Å². The summed E-state index contributed by atoms with van der Waals surface area (Å²) in [6.07, 6.45) is 0. The van der Waals surface area contributed by atoms with Crippen LogP contribution in [0, 0.1) is 6.92 Å². The average molecular weight is 279 g/mol. The monoisotopic (exact) mass is 278 g/mol. The van der Waals surface area contributed by atoms with Gasteiger partial charge in [0.1, 0.15) is 14.9 Å². The molecule has 16 heavy (non-hydrogen) atoms. The molecule has 0 saturated heterocycles. The molecule has 2 heterocycles. The largest absolute Gasteiger partial charge is 0.336 e. The molecule has 0 aliphatic rings. The molecule has 0 aliphatic carbocycles. The minimum absolute atomic E-state index is 0.0624. The van der Waals surface area contributed by atoms with Crippen LogP contribution in [-0.4, -0.2) is 13.6 Å². The Morgan fingerprint density at radius 2 is 2.31 bits per heavy atom. The van der Waals surface area contributed by atoms with Crippen molar-refractivity contribution in [3.05, 3.63) is 28.2 Å². The van der Waals surface area contributed by atoms with Gasteiger partial charge in [-0.2, -0.15) is 0 Å². The van der Waals surface area contributed by atoms with Crippen molar-refractivity contribution < 1.29 is 12.9 Å². The van der Waals surface area contributed by atoms with Gasteiger partial charge in [0.15, 0.2) is 0 Å². The van der Waals surface area contributed by atoms with Crippen LogP contribution < -0.4 is 4.72 Å². The fourth-order valence-corrected chi connectivity index (χ4v) is 3.17. The molecule has 2 aromatic rings. The summed E-state index contributed by atoms with van der Waals surface area (Å²) >= 11 is 6.90. The van der Waals surface area contributed by atoms with Crippen LogP contribution in [0.25, 0.3) is 0 Å². The SMILES string of the molecule is Cc1noc(NS(=O)(=O)c2cccs2)c1Cl. The number of aryl methyl sites for hydroxylation is 1. The molecule has 86 valence electrons. The summed E-state index contributed by atoms with van der Waals surface area (Å²) in [5.41, 5.74) is 0.436. The van der Waals surface area contributed by atoms with Gasteiger partial charge in [0.2, 0.25) is 0 Å². The molecule has 0 bridgehead atoms. The average Bonchev–Trinajstić information content (AvgIpc) is 2.83. The van der Waals surface area contributed by atoms with E-state index in [1.807, 2.05) is 0 Å². The first-order chi connectivity index (χ1) is 7.50. The minimum Gasteiger partial charge on any atom is -0.336 e. The summed E-state index contributed by atoms with van der Waals surface area (Å²) in [7, 11) is -3.63. The molecule has 0 aromatic carbocycles. The Labute approximate surface area is 101 Å². The van der Waals surface area contributed by atoms with Gasteiger partial charge in [-0.1, -0.05) is 22.8 Å². The zero-order chi connectivity index (χ0) is 11.8. The van der Waals surface area contributed by atoms with Gasteiger partial charge in [0.25, 0.3) is 15.9 Å². The Kier molecular flexibility index (Phi) is 2.92. The van der Waals surface area contributed by atoms with Crippen LogP contribution in [0.4, 0.5) is 5.88 Å². The van der Waals surface area contributed by atoms with E-state index >= 15 is 0 Å². The lowest BCUT2D eigenvalue weighted by atomic mass is 10.5. The third-order valence-electron chi connectivity index (χ3n) is 1.78. The van der Waals surface area contributed by atoms with Crippen LogP contribution in [0.5, 0.6) is 0 Å². The lowest BCUT2D eigenvalue weighted by Crippen LogP contribution is -2.11. The molecule has 2 rings (SSSR count). The maximum atomic E-state index is 11.8. The third-order valence-corrected chi connectivity index (χ3v) is 4.95. The summed E-state index contributed by atoms with van der Waals surface area (Å²) < 4.78 is 30.7. The molecular weight excluding hydrogens is 272 g/mol. The number of nitrogens with zero attached hydrogens (tertiary/aromatic N) is 1. The van der Waals surface area contributed by atoms with E-state index in [9.17, 15) is 8.42 Å². The maximum Gasteiger partial charge on any atom is 0.273 e. The number of hydrogen-bond donors (Lipinski definition) is 1. The van der Waals surface area contributed by atoms with Crippen molar-refractivity contribution in [3.8, 4) is 0 Å². The normalized spacial score (nSPS) is 11.6. The van der Waals surface area contributed by atoms with Crippen LogP contribution in [0.15, 0.2) is 26.2 Å². The van der Waals surface area contributed by atoms with E-state index in [2.05, 4.69) is 9.88 Å². The lowest BCUT2D eigenvalue weighted by Gasteiger charge is -2.01. The molecule has 0 amide bonds. The standard InChI is InChI=1S/C8H7ClN2O3S2/c1-5-7(9)8(14-10-5)11-16(12,13)6-3-2-4-15-6/h2-4,11H,1H3. The van der Waals surface area contributed by atoms with Crippen molar-refractivity contribution in [2.75, 3.05) is 4.72 Å². The Hall–Kier alpha value is -1.05. The molecule has 8 heteroatoms. The molecule has 0 unspecified atom stereocenters. The van der Waals surface area contributed by atoms with Crippen molar-refractivity contribution in [2.45, 2.75) is 11.1 Å². The number of sulfonamides is 1. The number of hydrogen-bond acceptors (Lipinski definition) is 5. The maximum absolute atomic E-state index is 11.8. The molecule has 2 aromatic heterocycles. The van der Waals surface area contributed by atoms with Gasteiger partial charge in [-0.3, -0.25) is 0 Å². The van der Waals surface area contributed by atoms with Crippen molar-refractivity contribution in [3.63, 3.8) is 0 Å². The molecule has 0 radical (unpaired) electrons. The molecule has 0 spiro atoms. The van der Waals surface area contributed by atoms with Crippen molar-refractivity contribution in [1.82, 2.24) is 5.16 Å². The van der Waals surface area contributed by atoms with E-state index in [-0.39, 0.29) is 15.1 Å². The highest BCUT2D eigenvalue weighted by atomic mass is 35.5. The van der Waals surface area contributed by atoms with E-state index < -0.39 is 10.0 Å². The number of aromatic nitrogens is 1. The highest BCUT2D eigenvalue weighted by Crippen LogP contribution is 2.28. The molecule has 0 saturated carbocycles. The van der Waals surface area contributed by atoms with Gasteiger partial charge in [0.05, 0.1) is 0 Å². The second kappa shape index (κ2) is 4.08. The summed E-state index contributed by atoms with van der Waals surface area (Å²) in [6.45, 7) is 1.62. The van der Waals surface area contributed by atoms with Crippen LogP contribution in [0.3, 0.4) is 0 Å². The molecule has 0 aliphatic heterocycles. The number of rotatable bonds is 3. The molecular formula is C8H7ClN2O3S2. The van der Waals surface area contributed by atoms with Crippen molar-refractivity contribution in [1.29, 1.82) is 0 Å². The summed E-state index contributed by atoms with van der Waals surface area (Å²) in [6, 6.07) is 3.14. The highest BCUT2D eigenvalue weighted by Gasteiger charge is 2.20. The predicted octanol–water partition coefficient (Wildman–Crippen LogP) is 2.50. The lowest BCUT2D eigenvalue weighted by molar-refractivity contribution is 0.430. The van der Waals surface area contributed by atoms with E-state index in [0.29, 0.717) is 5.69 Å². The highest BCUT2D eigenvalue weighted by molar-refractivity contribution is 7.94. The van der Waals surface area contributed by atoms with Gasteiger partial charge < -0.3 is 4.52 Å². The smallest absolute Gasteiger partial charge is 0.273 e. The van der Waals surface area contributed by atoms with Gasteiger partial charge >= 0.3 is 0 Å². The first-order valence-electron chi connectivity index (χ1n) is 4.19. The Morgan fingerprint density at radius 1 is 1.56 bits per heavy atom. The van der Waals surface area contributed by atoms with Gasteiger partial charge in [0, 0.05) is 0 Å². The minimum atomic E-state index is -3.63. The second-order valence-electron chi connectivity index (χ2n) is 2.95. The van der Waals surface area contributed by atoms with Crippen molar-refractivity contribution in [2.24, 2.45) is 0 Å². The second-order valence-corrected chi connectivity index (χ2v) is 6.18. The van der Waals surface area contributed by atoms with Crippen molar-refractivity contribution >= 4 is 38.8 Å². The predicted molar refractivity (Wildman–Crippen MR) is 61.4 cm³/mol. The fourth-order valence-electron chi connectivity index (χ4n) is 1.01. The third kappa shape index (κ3) is 2.06. The topological polar surface area (TPSA) is 72.2 Å². The first kappa shape index (κ1) is 11.4. The van der Waals surface area contributed by atoms with E-state index in [1.165, 1.54) is 6.07 Å². The van der Waals surface area contributed by atoms with Crippen LogP contribution in [-0.2, 0) is 10.0 Å². The van der Waals surface area contributed by atoms with Crippen LogP contribution >= 0.6 is 22.9 Å². The van der Waals surface area contributed by atoms with E-state index in [0.717, 1.165) is 11.3 Å².